The summed E-state index contributed by atoms with van der Waals surface area (Å²) in [5, 5.41) is 12.0. The van der Waals surface area contributed by atoms with Crippen molar-refractivity contribution in [1.82, 2.24) is 5.32 Å². The van der Waals surface area contributed by atoms with E-state index in [1.807, 2.05) is 13.8 Å². The molecule has 0 atom stereocenters. The summed E-state index contributed by atoms with van der Waals surface area (Å²) in [4.78, 5) is 25.0. The van der Waals surface area contributed by atoms with E-state index < -0.39 is 11.8 Å². The Labute approximate surface area is 123 Å². The minimum Gasteiger partial charge on any atom is -0.399 e. The van der Waals surface area contributed by atoms with Crippen LogP contribution in [0.25, 0.3) is 0 Å². The van der Waals surface area contributed by atoms with Crippen molar-refractivity contribution in [3.63, 3.8) is 0 Å². The van der Waals surface area contributed by atoms with Crippen LogP contribution in [0.1, 0.15) is 20.8 Å². The van der Waals surface area contributed by atoms with Gasteiger partial charge in [-0.15, -0.1) is 0 Å². The highest BCUT2D eigenvalue weighted by atomic mass is 16.2. The molecule has 1 aromatic carbocycles. The molecule has 0 unspecified atom stereocenters. The van der Waals surface area contributed by atoms with Crippen molar-refractivity contribution in [3.8, 4) is 6.07 Å². The zero-order valence-corrected chi connectivity index (χ0v) is 12.3. The average molecular weight is 286 g/mol. The highest BCUT2D eigenvalue weighted by Gasteiger charge is 2.23. The Bertz CT molecular complexity index is 597. The predicted molar refractivity (Wildman–Crippen MR) is 81.0 cm³/mol. The number of hydrogen-bond acceptors (Lipinski definition) is 5. The molecule has 6 nitrogen and oxygen atoms in total. The van der Waals surface area contributed by atoms with Gasteiger partial charge in [-0.2, -0.15) is 5.26 Å². The van der Waals surface area contributed by atoms with Gasteiger partial charge in [-0.3, -0.25) is 9.59 Å². The Hall–Kier alpha value is -2.81. The molecule has 0 radical (unpaired) electrons. The van der Waals surface area contributed by atoms with E-state index in [1.54, 1.807) is 30.3 Å². The number of nitriles is 1. The van der Waals surface area contributed by atoms with Gasteiger partial charge in [0.25, 0.3) is 5.91 Å². The van der Waals surface area contributed by atoms with E-state index in [9.17, 15) is 9.59 Å². The SMILES string of the molecule is CC(=O)N(C(=O)/C(C#N)=C\NC(C)C)c1ccc(N)cc1. The standard InChI is InChI=1S/C15H18N4O2/c1-10(2)18-9-12(8-16)15(21)19(11(3)20)14-6-4-13(17)5-7-14/h4-7,9-10,18H,17H2,1-3H3/b12-9-. The Morgan fingerprint density at radius 1 is 1.33 bits per heavy atom. The number of anilines is 2. The number of imide groups is 1. The van der Waals surface area contributed by atoms with Gasteiger partial charge in [-0.05, 0) is 38.1 Å². The summed E-state index contributed by atoms with van der Waals surface area (Å²) in [6.07, 6.45) is 1.32. The van der Waals surface area contributed by atoms with E-state index in [1.165, 1.54) is 13.1 Å². The minimum absolute atomic E-state index is 0.0726. The zero-order chi connectivity index (χ0) is 16.0. The number of rotatable bonds is 4. The van der Waals surface area contributed by atoms with Crippen LogP contribution < -0.4 is 16.0 Å². The fourth-order valence-electron chi connectivity index (χ4n) is 1.58. The molecule has 21 heavy (non-hydrogen) atoms. The number of nitrogen functional groups attached to an aromatic ring is 1. The maximum absolute atomic E-state index is 12.4. The molecule has 0 bridgehead atoms. The maximum atomic E-state index is 12.4. The van der Waals surface area contributed by atoms with Gasteiger partial charge in [0.1, 0.15) is 11.6 Å². The van der Waals surface area contributed by atoms with Crippen LogP contribution in [0.15, 0.2) is 36.0 Å². The third kappa shape index (κ3) is 4.35. The lowest BCUT2D eigenvalue weighted by Crippen LogP contribution is -2.36. The molecule has 0 aromatic heterocycles. The molecular formula is C15H18N4O2. The van der Waals surface area contributed by atoms with E-state index in [0.717, 1.165) is 4.90 Å². The molecule has 0 spiro atoms. The molecule has 0 saturated heterocycles. The third-order valence-electron chi connectivity index (χ3n) is 2.58. The van der Waals surface area contributed by atoms with Crippen LogP contribution in [0.2, 0.25) is 0 Å². The molecule has 1 rings (SSSR count). The lowest BCUT2D eigenvalue weighted by molar-refractivity contribution is -0.123. The molecule has 3 N–H and O–H groups in total. The average Bonchev–Trinajstić information content (AvgIpc) is 2.41. The summed E-state index contributed by atoms with van der Waals surface area (Å²) in [7, 11) is 0. The molecule has 1 aromatic rings. The highest BCUT2D eigenvalue weighted by molar-refractivity contribution is 6.21. The van der Waals surface area contributed by atoms with Crippen LogP contribution >= 0.6 is 0 Å². The normalized spacial score (nSPS) is 10.9. The number of carbonyl (C=O) groups excluding carboxylic acids is 2. The van der Waals surface area contributed by atoms with Crippen LogP contribution in [-0.4, -0.2) is 17.9 Å². The number of nitrogens with one attached hydrogen (secondary N) is 1. The van der Waals surface area contributed by atoms with Crippen LogP contribution in [0.5, 0.6) is 0 Å². The van der Waals surface area contributed by atoms with Gasteiger partial charge < -0.3 is 11.1 Å². The first kappa shape index (κ1) is 16.2. The van der Waals surface area contributed by atoms with Gasteiger partial charge in [-0.1, -0.05) is 0 Å². The Kier molecular flexibility index (Phi) is 5.49. The first-order valence-corrected chi connectivity index (χ1v) is 6.43. The summed E-state index contributed by atoms with van der Waals surface area (Å²) in [5.74, 6) is -1.15. The molecule has 0 aliphatic carbocycles. The second kappa shape index (κ2) is 7.10. The molecule has 6 heteroatoms. The molecule has 2 amide bonds. The van der Waals surface area contributed by atoms with Crippen molar-refractivity contribution < 1.29 is 9.59 Å². The number of nitrogens with two attached hydrogens (primary N) is 1. The zero-order valence-electron chi connectivity index (χ0n) is 12.3. The fraction of sp³-hybridized carbons (Fsp3) is 0.267. The van der Waals surface area contributed by atoms with Gasteiger partial charge in [0.05, 0.1) is 5.69 Å². The minimum atomic E-state index is -0.678. The van der Waals surface area contributed by atoms with E-state index in [0.29, 0.717) is 11.4 Å². The molecular weight excluding hydrogens is 268 g/mol. The van der Waals surface area contributed by atoms with Gasteiger partial charge in [0, 0.05) is 24.9 Å². The third-order valence-corrected chi connectivity index (χ3v) is 2.58. The van der Waals surface area contributed by atoms with Crippen LogP contribution in [0.3, 0.4) is 0 Å². The Morgan fingerprint density at radius 2 is 1.90 bits per heavy atom. The topological polar surface area (TPSA) is 99.2 Å². The van der Waals surface area contributed by atoms with Gasteiger partial charge in [0.15, 0.2) is 0 Å². The Morgan fingerprint density at radius 3 is 2.33 bits per heavy atom. The quantitative estimate of drug-likeness (QED) is 0.497. The molecule has 0 heterocycles. The number of benzene rings is 1. The monoisotopic (exact) mass is 286 g/mol. The van der Waals surface area contributed by atoms with E-state index in [4.69, 9.17) is 11.0 Å². The number of hydrogen-bond donors (Lipinski definition) is 2. The fourth-order valence-corrected chi connectivity index (χ4v) is 1.58. The smallest absolute Gasteiger partial charge is 0.277 e. The second-order valence-corrected chi connectivity index (χ2v) is 4.74. The van der Waals surface area contributed by atoms with Crippen LogP contribution in [0, 0.1) is 11.3 Å². The Balaban J connectivity index is 3.13. The lowest BCUT2D eigenvalue weighted by Gasteiger charge is -2.19. The van der Waals surface area contributed by atoms with Crippen LogP contribution in [0.4, 0.5) is 11.4 Å². The van der Waals surface area contributed by atoms with Crippen LogP contribution in [-0.2, 0) is 9.59 Å². The maximum Gasteiger partial charge on any atom is 0.277 e. The molecule has 0 aliphatic heterocycles. The highest BCUT2D eigenvalue weighted by Crippen LogP contribution is 2.18. The largest absolute Gasteiger partial charge is 0.399 e. The summed E-state index contributed by atoms with van der Waals surface area (Å²) in [6.45, 7) is 5.01. The second-order valence-electron chi connectivity index (χ2n) is 4.74. The van der Waals surface area contributed by atoms with Gasteiger partial charge >= 0.3 is 0 Å². The summed E-state index contributed by atoms with van der Waals surface area (Å²) in [6, 6.07) is 8.15. The van der Waals surface area contributed by atoms with E-state index in [2.05, 4.69) is 5.32 Å². The van der Waals surface area contributed by atoms with E-state index in [-0.39, 0.29) is 11.6 Å². The van der Waals surface area contributed by atoms with Crippen molar-refractivity contribution in [2.75, 3.05) is 10.6 Å². The number of amides is 2. The first-order chi connectivity index (χ1) is 9.86. The lowest BCUT2D eigenvalue weighted by atomic mass is 10.2. The summed E-state index contributed by atoms with van der Waals surface area (Å²) in [5.41, 5.74) is 6.33. The number of carbonyl (C=O) groups is 2. The molecule has 110 valence electrons. The van der Waals surface area contributed by atoms with Crippen molar-refractivity contribution >= 4 is 23.2 Å². The summed E-state index contributed by atoms with van der Waals surface area (Å²) >= 11 is 0. The number of nitrogens with zero attached hydrogens (tertiary/aromatic N) is 2. The molecule has 0 fully saturated rings. The van der Waals surface area contributed by atoms with E-state index >= 15 is 0 Å². The van der Waals surface area contributed by atoms with Gasteiger partial charge in [0.2, 0.25) is 5.91 Å². The summed E-state index contributed by atoms with van der Waals surface area (Å²) < 4.78 is 0. The molecule has 0 aliphatic rings. The predicted octanol–water partition coefficient (Wildman–Crippen LogP) is 1.55. The van der Waals surface area contributed by atoms with Crippen molar-refractivity contribution in [2.45, 2.75) is 26.8 Å². The van der Waals surface area contributed by atoms with Gasteiger partial charge in [-0.25, -0.2) is 4.90 Å². The first-order valence-electron chi connectivity index (χ1n) is 6.43. The van der Waals surface area contributed by atoms with Crippen molar-refractivity contribution in [2.24, 2.45) is 0 Å². The van der Waals surface area contributed by atoms with Crippen molar-refractivity contribution in [3.05, 3.63) is 36.0 Å². The van der Waals surface area contributed by atoms with Crippen molar-refractivity contribution in [1.29, 1.82) is 5.26 Å². The molecule has 0 saturated carbocycles.